The topological polar surface area (TPSA) is 75.4 Å². The SMILES string of the molecule is Cl.N[C@@H]1CCC[C@H]1CC(=O)NCc1cccc(CN2CCCC2=O)c1. The molecule has 1 heterocycles. The molecule has 5 nitrogen and oxygen atoms in total. The van der Waals surface area contributed by atoms with Gasteiger partial charge < -0.3 is 16.0 Å². The highest BCUT2D eigenvalue weighted by molar-refractivity contribution is 5.85. The van der Waals surface area contributed by atoms with Gasteiger partial charge in [-0.2, -0.15) is 0 Å². The van der Waals surface area contributed by atoms with Crippen molar-refractivity contribution in [3.05, 3.63) is 35.4 Å². The van der Waals surface area contributed by atoms with Crippen molar-refractivity contribution in [1.29, 1.82) is 0 Å². The number of nitrogens with zero attached hydrogens (tertiary/aromatic N) is 1. The lowest BCUT2D eigenvalue weighted by Gasteiger charge is -2.17. The summed E-state index contributed by atoms with van der Waals surface area (Å²) < 4.78 is 0. The first kappa shape index (κ1) is 19.7. The molecule has 1 aromatic carbocycles. The van der Waals surface area contributed by atoms with Gasteiger partial charge in [0.25, 0.3) is 0 Å². The maximum absolute atomic E-state index is 12.1. The highest BCUT2D eigenvalue weighted by Gasteiger charge is 2.25. The molecule has 1 aliphatic carbocycles. The molecule has 0 radical (unpaired) electrons. The second-order valence-corrected chi connectivity index (χ2v) is 7.07. The van der Waals surface area contributed by atoms with Gasteiger partial charge in [0, 0.05) is 38.5 Å². The van der Waals surface area contributed by atoms with Crippen LogP contribution >= 0.6 is 12.4 Å². The first-order valence-corrected chi connectivity index (χ1v) is 8.99. The number of nitrogens with two attached hydrogens (primary N) is 1. The quantitative estimate of drug-likeness (QED) is 0.812. The number of rotatable bonds is 6. The number of nitrogens with one attached hydrogen (secondary N) is 1. The van der Waals surface area contributed by atoms with E-state index in [1.54, 1.807) is 0 Å². The Hall–Kier alpha value is -1.59. The summed E-state index contributed by atoms with van der Waals surface area (Å²) in [5.74, 6) is 0.650. The van der Waals surface area contributed by atoms with Crippen molar-refractivity contribution < 1.29 is 9.59 Å². The predicted octanol–water partition coefficient (Wildman–Crippen LogP) is 2.36. The molecular formula is C19H28ClN3O2. The summed E-state index contributed by atoms with van der Waals surface area (Å²) in [6.45, 7) is 2.04. The normalized spacial score (nSPS) is 22.8. The first-order valence-electron chi connectivity index (χ1n) is 8.99. The van der Waals surface area contributed by atoms with Crippen LogP contribution in [0.1, 0.15) is 49.7 Å². The molecule has 0 aromatic heterocycles. The van der Waals surface area contributed by atoms with E-state index in [2.05, 4.69) is 11.4 Å². The number of hydrogen-bond donors (Lipinski definition) is 2. The molecule has 1 saturated carbocycles. The van der Waals surface area contributed by atoms with Crippen LogP contribution in [0.3, 0.4) is 0 Å². The first-order chi connectivity index (χ1) is 11.6. The maximum Gasteiger partial charge on any atom is 0.222 e. The van der Waals surface area contributed by atoms with Crippen molar-refractivity contribution in [3.63, 3.8) is 0 Å². The second kappa shape index (κ2) is 9.20. The van der Waals surface area contributed by atoms with E-state index >= 15 is 0 Å². The highest BCUT2D eigenvalue weighted by Crippen LogP contribution is 2.26. The van der Waals surface area contributed by atoms with E-state index < -0.39 is 0 Å². The Labute approximate surface area is 155 Å². The van der Waals surface area contributed by atoms with Crippen LogP contribution in [0, 0.1) is 5.92 Å². The molecule has 138 valence electrons. The molecule has 0 bridgehead atoms. The zero-order chi connectivity index (χ0) is 16.9. The van der Waals surface area contributed by atoms with Crippen LogP contribution in [-0.4, -0.2) is 29.3 Å². The van der Waals surface area contributed by atoms with Crippen molar-refractivity contribution >= 4 is 24.2 Å². The van der Waals surface area contributed by atoms with E-state index in [0.29, 0.717) is 31.8 Å². The lowest BCUT2D eigenvalue weighted by Crippen LogP contribution is -2.31. The molecule has 2 fully saturated rings. The van der Waals surface area contributed by atoms with E-state index in [9.17, 15) is 9.59 Å². The Morgan fingerprint density at radius 3 is 2.72 bits per heavy atom. The number of amides is 2. The van der Waals surface area contributed by atoms with Crippen LogP contribution < -0.4 is 11.1 Å². The van der Waals surface area contributed by atoms with Gasteiger partial charge in [0.05, 0.1) is 0 Å². The number of hydrogen-bond acceptors (Lipinski definition) is 3. The molecular weight excluding hydrogens is 338 g/mol. The van der Waals surface area contributed by atoms with Gasteiger partial charge in [-0.15, -0.1) is 12.4 Å². The lowest BCUT2D eigenvalue weighted by molar-refractivity contribution is -0.128. The van der Waals surface area contributed by atoms with E-state index in [1.165, 1.54) is 0 Å². The van der Waals surface area contributed by atoms with Crippen molar-refractivity contribution in [3.8, 4) is 0 Å². The van der Waals surface area contributed by atoms with Crippen LogP contribution in [0.25, 0.3) is 0 Å². The van der Waals surface area contributed by atoms with Crippen molar-refractivity contribution in [1.82, 2.24) is 10.2 Å². The molecule has 25 heavy (non-hydrogen) atoms. The van der Waals surface area contributed by atoms with Gasteiger partial charge in [0.15, 0.2) is 0 Å². The molecule has 1 saturated heterocycles. The largest absolute Gasteiger partial charge is 0.352 e. The highest BCUT2D eigenvalue weighted by atomic mass is 35.5. The molecule has 0 unspecified atom stereocenters. The number of likely N-dealkylation sites (tertiary alicyclic amines) is 1. The molecule has 3 N–H and O–H groups in total. The minimum absolute atomic E-state index is 0. The van der Waals surface area contributed by atoms with Gasteiger partial charge in [-0.3, -0.25) is 9.59 Å². The van der Waals surface area contributed by atoms with E-state index in [1.807, 2.05) is 23.1 Å². The third-order valence-corrected chi connectivity index (χ3v) is 5.19. The summed E-state index contributed by atoms with van der Waals surface area (Å²) in [4.78, 5) is 25.7. The lowest BCUT2D eigenvalue weighted by atomic mass is 10.00. The number of halogens is 1. The molecule has 2 amide bonds. The van der Waals surface area contributed by atoms with Crippen molar-refractivity contribution in [2.24, 2.45) is 11.7 Å². The fourth-order valence-corrected chi connectivity index (χ4v) is 3.76. The summed E-state index contributed by atoms with van der Waals surface area (Å²) in [5.41, 5.74) is 8.22. The van der Waals surface area contributed by atoms with Gasteiger partial charge in [0.1, 0.15) is 0 Å². The summed E-state index contributed by atoms with van der Waals surface area (Å²) in [5, 5.41) is 3.00. The molecule has 0 spiro atoms. The monoisotopic (exact) mass is 365 g/mol. The Balaban J connectivity index is 0.00000225. The van der Waals surface area contributed by atoms with Crippen LogP contribution in [0.5, 0.6) is 0 Å². The maximum atomic E-state index is 12.1. The molecule has 2 atom stereocenters. The third kappa shape index (κ3) is 5.44. The minimum Gasteiger partial charge on any atom is -0.352 e. The Bertz CT molecular complexity index is 608. The smallest absolute Gasteiger partial charge is 0.222 e. The van der Waals surface area contributed by atoms with Gasteiger partial charge in [-0.05, 0) is 36.3 Å². The zero-order valence-electron chi connectivity index (χ0n) is 14.6. The summed E-state index contributed by atoms with van der Waals surface area (Å²) in [6, 6.07) is 8.29. The Kier molecular flexibility index (Phi) is 7.26. The van der Waals surface area contributed by atoms with E-state index in [0.717, 1.165) is 43.4 Å². The average molecular weight is 366 g/mol. The second-order valence-electron chi connectivity index (χ2n) is 7.07. The number of carbonyl (C=O) groups is 2. The Morgan fingerprint density at radius 2 is 2.04 bits per heavy atom. The van der Waals surface area contributed by atoms with Gasteiger partial charge in [0.2, 0.25) is 11.8 Å². The molecule has 3 rings (SSSR count). The van der Waals surface area contributed by atoms with E-state index in [4.69, 9.17) is 5.73 Å². The van der Waals surface area contributed by atoms with Gasteiger partial charge >= 0.3 is 0 Å². The van der Waals surface area contributed by atoms with Crippen molar-refractivity contribution in [2.45, 2.75) is 57.7 Å². The zero-order valence-corrected chi connectivity index (χ0v) is 15.4. The number of carbonyl (C=O) groups excluding carboxylic acids is 2. The predicted molar refractivity (Wildman–Crippen MR) is 100 cm³/mol. The molecule has 1 aliphatic heterocycles. The standard InChI is InChI=1S/C19H27N3O2.ClH/c20-17-7-2-6-16(17)11-18(23)21-12-14-4-1-5-15(10-14)13-22-9-3-8-19(22)24;/h1,4-5,10,16-17H,2-3,6-9,11-13,20H2,(H,21,23);1H/t16-,17+;/m0./s1. The molecule has 2 aliphatic rings. The van der Waals surface area contributed by atoms with Crippen LogP contribution in [0.2, 0.25) is 0 Å². The van der Waals surface area contributed by atoms with Gasteiger partial charge in [-0.1, -0.05) is 30.7 Å². The van der Waals surface area contributed by atoms with Crippen LogP contribution in [0.4, 0.5) is 0 Å². The molecule has 1 aromatic rings. The van der Waals surface area contributed by atoms with Crippen molar-refractivity contribution in [2.75, 3.05) is 6.54 Å². The third-order valence-electron chi connectivity index (χ3n) is 5.19. The minimum atomic E-state index is 0. The van der Waals surface area contributed by atoms with E-state index in [-0.39, 0.29) is 30.3 Å². The fourth-order valence-electron chi connectivity index (χ4n) is 3.76. The average Bonchev–Trinajstić information content (AvgIpc) is 3.15. The van der Waals surface area contributed by atoms with Gasteiger partial charge in [-0.25, -0.2) is 0 Å². The number of benzene rings is 1. The van der Waals surface area contributed by atoms with Crippen LogP contribution in [-0.2, 0) is 22.7 Å². The fraction of sp³-hybridized carbons (Fsp3) is 0.579. The summed E-state index contributed by atoms with van der Waals surface area (Å²) >= 11 is 0. The summed E-state index contributed by atoms with van der Waals surface area (Å²) in [6.07, 6.45) is 5.39. The molecule has 6 heteroatoms. The Morgan fingerprint density at radius 1 is 1.24 bits per heavy atom. The van der Waals surface area contributed by atoms with Crippen LogP contribution in [0.15, 0.2) is 24.3 Å². The summed E-state index contributed by atoms with van der Waals surface area (Å²) in [7, 11) is 0.